The predicted molar refractivity (Wildman–Crippen MR) is 110 cm³/mol. The first-order valence-corrected chi connectivity index (χ1v) is 8.14. The Morgan fingerprint density at radius 3 is 2.36 bits per heavy atom. The van der Waals surface area contributed by atoms with E-state index in [1.54, 1.807) is 7.05 Å². The van der Waals surface area contributed by atoms with E-state index in [1.165, 1.54) is 11.3 Å². The smallest absolute Gasteiger partial charge is 0.191 e. The third-order valence-corrected chi connectivity index (χ3v) is 4.37. The first-order chi connectivity index (χ1) is 11.3. The Bertz CT molecular complexity index is 731. The fourth-order valence-electron chi connectivity index (χ4n) is 2.67. The third kappa shape index (κ3) is 5.16. The Hall–Kier alpha value is -1.65. The van der Waals surface area contributed by atoms with E-state index in [-0.39, 0.29) is 30.0 Å². The van der Waals surface area contributed by atoms with Crippen LogP contribution >= 0.6 is 24.0 Å². The molecule has 0 saturated heterocycles. The standard InChI is InChI=1S/C16H28N8.HI/c1-10(8-14-11(2)22-24(7)12(14)3)19-16(17-5)18-9-15-21-20-13(4)23(15)6;/h10H,8-9H2,1-7H3,(H2,17,18,19);1H. The molecule has 0 aliphatic carbocycles. The van der Waals surface area contributed by atoms with Gasteiger partial charge in [-0.3, -0.25) is 9.67 Å². The molecule has 2 rings (SSSR count). The minimum absolute atomic E-state index is 0. The number of rotatable bonds is 5. The van der Waals surface area contributed by atoms with Crippen LogP contribution in [-0.4, -0.2) is 43.6 Å². The molecule has 0 radical (unpaired) electrons. The van der Waals surface area contributed by atoms with Crippen LogP contribution in [0.1, 0.15) is 35.5 Å². The lowest BCUT2D eigenvalue weighted by Gasteiger charge is -2.18. The minimum Gasteiger partial charge on any atom is -0.354 e. The average Bonchev–Trinajstić information content (AvgIpc) is 2.98. The van der Waals surface area contributed by atoms with E-state index < -0.39 is 0 Å². The highest BCUT2D eigenvalue weighted by Crippen LogP contribution is 2.14. The maximum absolute atomic E-state index is 4.48. The summed E-state index contributed by atoms with van der Waals surface area (Å²) in [5.41, 5.74) is 3.58. The summed E-state index contributed by atoms with van der Waals surface area (Å²) in [5, 5.41) is 19.4. The van der Waals surface area contributed by atoms with Crippen molar-refractivity contribution in [1.82, 2.24) is 35.2 Å². The maximum Gasteiger partial charge on any atom is 0.191 e. The molecule has 1 atom stereocenters. The number of aromatic nitrogens is 5. The molecule has 0 fully saturated rings. The Labute approximate surface area is 166 Å². The second kappa shape index (κ2) is 9.16. The maximum atomic E-state index is 4.48. The highest BCUT2D eigenvalue weighted by molar-refractivity contribution is 14.0. The molecule has 8 nitrogen and oxygen atoms in total. The van der Waals surface area contributed by atoms with Crippen molar-refractivity contribution in [2.45, 2.75) is 46.7 Å². The van der Waals surface area contributed by atoms with Crippen LogP contribution < -0.4 is 10.6 Å². The summed E-state index contributed by atoms with van der Waals surface area (Å²) >= 11 is 0. The lowest BCUT2D eigenvalue weighted by molar-refractivity contribution is 0.628. The zero-order valence-electron chi connectivity index (χ0n) is 16.1. The van der Waals surface area contributed by atoms with Crippen LogP contribution in [0.2, 0.25) is 0 Å². The second-order valence-electron chi connectivity index (χ2n) is 6.17. The molecule has 25 heavy (non-hydrogen) atoms. The molecule has 2 N–H and O–H groups in total. The number of halogens is 1. The van der Waals surface area contributed by atoms with E-state index in [1.807, 2.05) is 30.3 Å². The molecular formula is C16H29IN8. The summed E-state index contributed by atoms with van der Waals surface area (Å²) in [4.78, 5) is 4.29. The second-order valence-corrected chi connectivity index (χ2v) is 6.17. The summed E-state index contributed by atoms with van der Waals surface area (Å²) in [7, 11) is 5.71. The van der Waals surface area contributed by atoms with Gasteiger partial charge in [-0.2, -0.15) is 5.10 Å². The van der Waals surface area contributed by atoms with Crippen molar-refractivity contribution in [3.8, 4) is 0 Å². The van der Waals surface area contributed by atoms with E-state index in [2.05, 4.69) is 51.7 Å². The molecule has 0 amide bonds. The number of guanidine groups is 1. The first kappa shape index (κ1) is 21.4. The normalized spacial score (nSPS) is 12.7. The van der Waals surface area contributed by atoms with E-state index >= 15 is 0 Å². The van der Waals surface area contributed by atoms with Gasteiger partial charge in [0.25, 0.3) is 0 Å². The van der Waals surface area contributed by atoms with Gasteiger partial charge in [-0.25, -0.2) is 0 Å². The Morgan fingerprint density at radius 1 is 1.20 bits per heavy atom. The van der Waals surface area contributed by atoms with Crippen LogP contribution in [0.15, 0.2) is 4.99 Å². The Balaban J connectivity index is 0.00000312. The molecule has 0 aromatic carbocycles. The zero-order chi connectivity index (χ0) is 17.9. The monoisotopic (exact) mass is 460 g/mol. The van der Waals surface area contributed by atoms with Crippen LogP contribution in [0, 0.1) is 20.8 Å². The quantitative estimate of drug-likeness (QED) is 0.400. The predicted octanol–water partition coefficient (Wildman–Crippen LogP) is 1.39. The minimum atomic E-state index is 0. The van der Waals surface area contributed by atoms with E-state index in [0.717, 1.165) is 29.7 Å². The number of aryl methyl sites for hydroxylation is 3. The number of hydrogen-bond donors (Lipinski definition) is 2. The summed E-state index contributed by atoms with van der Waals surface area (Å²) < 4.78 is 3.90. The van der Waals surface area contributed by atoms with Crippen LogP contribution in [0.25, 0.3) is 0 Å². The van der Waals surface area contributed by atoms with Crippen LogP contribution in [-0.2, 0) is 27.1 Å². The van der Waals surface area contributed by atoms with Crippen LogP contribution in [0.4, 0.5) is 0 Å². The van der Waals surface area contributed by atoms with E-state index in [0.29, 0.717) is 6.54 Å². The van der Waals surface area contributed by atoms with Gasteiger partial charge in [0, 0.05) is 32.9 Å². The van der Waals surface area contributed by atoms with Crippen molar-refractivity contribution in [2.75, 3.05) is 7.05 Å². The highest BCUT2D eigenvalue weighted by atomic mass is 127. The molecule has 2 aromatic rings. The molecule has 1 unspecified atom stereocenters. The van der Waals surface area contributed by atoms with Gasteiger partial charge in [-0.1, -0.05) is 0 Å². The van der Waals surface area contributed by atoms with E-state index in [9.17, 15) is 0 Å². The van der Waals surface area contributed by atoms with Gasteiger partial charge in [-0.15, -0.1) is 34.2 Å². The lowest BCUT2D eigenvalue weighted by atomic mass is 10.1. The van der Waals surface area contributed by atoms with Gasteiger partial charge in [0.05, 0.1) is 12.2 Å². The van der Waals surface area contributed by atoms with Crippen molar-refractivity contribution in [3.05, 3.63) is 28.6 Å². The van der Waals surface area contributed by atoms with Crippen molar-refractivity contribution in [2.24, 2.45) is 19.1 Å². The molecular weight excluding hydrogens is 431 g/mol. The fourth-order valence-corrected chi connectivity index (χ4v) is 2.67. The van der Waals surface area contributed by atoms with Gasteiger partial charge < -0.3 is 15.2 Å². The topological polar surface area (TPSA) is 84.9 Å². The largest absolute Gasteiger partial charge is 0.354 e. The molecule has 2 heterocycles. The van der Waals surface area contributed by atoms with Gasteiger partial charge in [0.2, 0.25) is 0 Å². The molecule has 0 bridgehead atoms. The number of nitrogens with one attached hydrogen (secondary N) is 2. The highest BCUT2D eigenvalue weighted by Gasteiger charge is 2.14. The summed E-state index contributed by atoms with van der Waals surface area (Å²) in [6, 6.07) is 0.235. The molecule has 140 valence electrons. The molecule has 0 aliphatic heterocycles. The number of nitrogens with zero attached hydrogens (tertiary/aromatic N) is 6. The number of aliphatic imine (C=N–C) groups is 1. The van der Waals surface area contributed by atoms with Gasteiger partial charge >= 0.3 is 0 Å². The fraction of sp³-hybridized carbons (Fsp3) is 0.625. The summed E-state index contributed by atoms with van der Waals surface area (Å²) in [6.45, 7) is 8.81. The van der Waals surface area contributed by atoms with Crippen molar-refractivity contribution in [3.63, 3.8) is 0 Å². The van der Waals surface area contributed by atoms with Crippen molar-refractivity contribution < 1.29 is 0 Å². The zero-order valence-corrected chi connectivity index (χ0v) is 18.4. The van der Waals surface area contributed by atoms with Crippen LogP contribution in [0.5, 0.6) is 0 Å². The average molecular weight is 460 g/mol. The molecule has 0 aliphatic rings. The first-order valence-electron chi connectivity index (χ1n) is 8.14. The Morgan fingerprint density at radius 2 is 1.88 bits per heavy atom. The molecule has 2 aromatic heterocycles. The molecule has 9 heteroatoms. The SMILES string of the molecule is CN=C(NCc1nnc(C)n1C)NC(C)Cc1c(C)nn(C)c1C.I. The van der Waals surface area contributed by atoms with Gasteiger partial charge in [-0.05, 0) is 39.7 Å². The van der Waals surface area contributed by atoms with Gasteiger partial charge in [0.1, 0.15) is 5.82 Å². The Kier molecular flexibility index (Phi) is 7.84. The van der Waals surface area contributed by atoms with Gasteiger partial charge in [0.15, 0.2) is 11.8 Å². The van der Waals surface area contributed by atoms with Crippen molar-refractivity contribution in [1.29, 1.82) is 0 Å². The van der Waals surface area contributed by atoms with E-state index in [4.69, 9.17) is 0 Å². The van der Waals surface area contributed by atoms with Crippen LogP contribution in [0.3, 0.4) is 0 Å². The third-order valence-electron chi connectivity index (χ3n) is 4.37. The lowest BCUT2D eigenvalue weighted by Crippen LogP contribution is -2.43. The number of hydrogen-bond acceptors (Lipinski definition) is 4. The summed E-state index contributed by atoms with van der Waals surface area (Å²) in [5.74, 6) is 2.52. The molecule has 0 saturated carbocycles. The molecule has 0 spiro atoms. The van der Waals surface area contributed by atoms with Crippen molar-refractivity contribution >= 4 is 29.9 Å². The summed E-state index contributed by atoms with van der Waals surface area (Å²) in [6.07, 6.45) is 0.898.